The van der Waals surface area contributed by atoms with Crippen molar-refractivity contribution in [3.63, 3.8) is 0 Å². The number of rotatable bonds is 3. The topological polar surface area (TPSA) is 175 Å². The summed E-state index contributed by atoms with van der Waals surface area (Å²) in [6, 6.07) is 0. The predicted octanol–water partition coefficient (Wildman–Crippen LogP) is 4.36. The predicted molar refractivity (Wildman–Crippen MR) is 187 cm³/mol. The number of aliphatic hydroxyl groups excluding tert-OH is 4. The van der Waals surface area contributed by atoms with Crippen LogP contribution in [0.2, 0.25) is 0 Å². The van der Waals surface area contributed by atoms with Crippen LogP contribution >= 0.6 is 0 Å². The maximum absolute atomic E-state index is 13.3. The van der Waals surface area contributed by atoms with Crippen LogP contribution in [-0.2, 0) is 23.7 Å². The molecule has 0 saturated carbocycles. The first-order valence-corrected chi connectivity index (χ1v) is 18.9. The molecule has 0 aromatic carbocycles. The molecule has 0 radical (unpaired) electrons. The molecule has 4 rings (SSSR count). The van der Waals surface area contributed by atoms with Crippen LogP contribution in [0.1, 0.15) is 119 Å². The molecule has 50 heavy (non-hydrogen) atoms. The van der Waals surface area contributed by atoms with Gasteiger partial charge in [-0.15, -0.1) is 0 Å². The highest BCUT2D eigenvalue weighted by atomic mass is 16.7. The number of carbonyl (C=O) groups is 1. The van der Waals surface area contributed by atoms with E-state index in [-0.39, 0.29) is 31.0 Å². The third-order valence-corrected chi connectivity index (χ3v) is 11.4. The summed E-state index contributed by atoms with van der Waals surface area (Å²) in [4.78, 5) is 13.3. The molecule has 1 spiro atoms. The molecule has 2 bridgehead atoms. The molecule has 4 aliphatic rings. The maximum atomic E-state index is 13.3. The van der Waals surface area contributed by atoms with Crippen LogP contribution in [0.3, 0.4) is 0 Å². The average molecular weight is 709 g/mol. The molecule has 0 aliphatic carbocycles. The van der Waals surface area contributed by atoms with Crippen molar-refractivity contribution >= 4 is 5.97 Å². The summed E-state index contributed by atoms with van der Waals surface area (Å²) < 4.78 is 25.8. The van der Waals surface area contributed by atoms with Gasteiger partial charge in [-0.25, -0.2) is 4.79 Å². The summed E-state index contributed by atoms with van der Waals surface area (Å²) in [5.74, 6) is -1.24. The summed E-state index contributed by atoms with van der Waals surface area (Å²) in [6.45, 7) is 11.2. The molecule has 11 heteroatoms. The highest BCUT2D eigenvalue weighted by Gasteiger charge is 2.49. The van der Waals surface area contributed by atoms with Crippen molar-refractivity contribution < 1.29 is 54.4 Å². The van der Waals surface area contributed by atoms with E-state index in [1.54, 1.807) is 6.92 Å². The minimum absolute atomic E-state index is 0.208. The molecule has 2 saturated heterocycles. The Hall–Kier alpha value is -1.83. The van der Waals surface area contributed by atoms with Crippen LogP contribution in [0.5, 0.6) is 0 Å². The van der Waals surface area contributed by atoms with Gasteiger partial charge in [0.25, 0.3) is 0 Å². The smallest absolute Gasteiger partial charge is 0.330 e. The van der Waals surface area contributed by atoms with Crippen LogP contribution in [0.25, 0.3) is 0 Å². The van der Waals surface area contributed by atoms with Gasteiger partial charge in [-0.1, -0.05) is 39.8 Å². The Bertz CT molecular complexity index is 1210. The average Bonchev–Trinajstić information content (AvgIpc) is 3.05. The number of aliphatic hydroxyl groups is 6. The number of hydrogen-bond acceptors (Lipinski definition) is 11. The SMILES string of the molecule is CCC(O)CC1OC2(CCC1C)CC1CC(CC3=C(C=CCCCC(C)(O)C(O)CC(O)C(C)C(O)C(C)(O)C=CC(=O)O1)CC(C)CO3)O2. The number of esters is 1. The van der Waals surface area contributed by atoms with E-state index in [1.165, 1.54) is 13.8 Å². The first-order valence-electron chi connectivity index (χ1n) is 18.9. The van der Waals surface area contributed by atoms with Crippen LogP contribution < -0.4 is 0 Å². The zero-order chi connectivity index (χ0) is 36.9. The molecule has 13 atom stereocenters. The molecule has 2 fully saturated rings. The lowest BCUT2D eigenvalue weighted by Gasteiger charge is -2.50. The second-order valence-corrected chi connectivity index (χ2v) is 16.2. The van der Waals surface area contributed by atoms with Gasteiger partial charge < -0.3 is 49.6 Å². The lowest BCUT2D eigenvalue weighted by Crippen LogP contribution is -2.54. The lowest BCUT2D eigenvalue weighted by molar-refractivity contribution is -0.337. The van der Waals surface area contributed by atoms with Crippen LogP contribution in [0.4, 0.5) is 0 Å². The lowest BCUT2D eigenvalue weighted by atomic mass is 9.81. The number of carbonyl (C=O) groups excluding carboxylic acids is 1. The van der Waals surface area contributed by atoms with E-state index in [4.69, 9.17) is 18.9 Å². The standard InChI is InChI=1S/C39H64O11/c1-7-28(40)18-32-25(3)12-16-39(50-32)22-30-19-29(49-39)20-33-27(17-24(2)23-47-33)11-9-8-10-14-37(5,45)34(42)21-31(41)26(4)36(44)38(6,46)15-13-35(43)48-30/h9,11,13,15,24-26,28-32,34,36,40-42,44-46H,7-8,10,12,14,16-23H2,1-6H3. The molecule has 13 unspecified atom stereocenters. The Kier molecular flexibility index (Phi) is 14.2. The van der Waals surface area contributed by atoms with E-state index in [2.05, 4.69) is 26.0 Å². The van der Waals surface area contributed by atoms with Gasteiger partial charge in [0.2, 0.25) is 0 Å². The van der Waals surface area contributed by atoms with Gasteiger partial charge in [0.1, 0.15) is 17.5 Å². The molecular weight excluding hydrogens is 644 g/mol. The molecule has 0 aromatic heterocycles. The quantitative estimate of drug-likeness (QED) is 0.230. The Morgan fingerprint density at radius 3 is 2.44 bits per heavy atom. The molecule has 11 nitrogen and oxygen atoms in total. The number of allylic oxidation sites excluding steroid dienone is 3. The molecule has 0 amide bonds. The molecule has 4 heterocycles. The van der Waals surface area contributed by atoms with Gasteiger partial charge in [-0.3, -0.25) is 0 Å². The van der Waals surface area contributed by atoms with Crippen molar-refractivity contribution in [1.82, 2.24) is 0 Å². The second kappa shape index (κ2) is 17.3. The van der Waals surface area contributed by atoms with Gasteiger partial charge in [-0.2, -0.15) is 0 Å². The van der Waals surface area contributed by atoms with Crippen molar-refractivity contribution in [2.45, 2.75) is 178 Å². The first kappa shape index (κ1) is 40.9. The highest BCUT2D eigenvalue weighted by Crippen LogP contribution is 2.45. The number of ether oxygens (including phenoxy) is 4. The van der Waals surface area contributed by atoms with Gasteiger partial charge in [0, 0.05) is 44.1 Å². The van der Waals surface area contributed by atoms with Crippen LogP contribution in [0.15, 0.2) is 35.6 Å². The van der Waals surface area contributed by atoms with Crippen LogP contribution in [0, 0.1) is 17.8 Å². The van der Waals surface area contributed by atoms with Gasteiger partial charge >= 0.3 is 5.97 Å². The third kappa shape index (κ3) is 10.9. The van der Waals surface area contributed by atoms with E-state index < -0.39 is 59.4 Å². The third-order valence-electron chi connectivity index (χ3n) is 11.4. The summed E-state index contributed by atoms with van der Waals surface area (Å²) in [6.07, 6.45) is 6.57. The van der Waals surface area contributed by atoms with E-state index >= 15 is 0 Å². The largest absolute Gasteiger partial charge is 0.497 e. The van der Waals surface area contributed by atoms with E-state index in [9.17, 15) is 35.4 Å². The van der Waals surface area contributed by atoms with Crippen molar-refractivity contribution in [2.24, 2.45) is 17.8 Å². The molecular formula is C39H64O11. The fraction of sp³-hybridized carbons (Fsp3) is 0.821. The minimum atomic E-state index is -1.91. The Labute approximate surface area is 298 Å². The Morgan fingerprint density at radius 2 is 1.72 bits per heavy atom. The monoisotopic (exact) mass is 708 g/mol. The molecule has 0 aromatic rings. The molecule has 6 N–H and O–H groups in total. The molecule has 4 aliphatic heterocycles. The number of fused-ring (bicyclic) bond motifs is 2. The van der Waals surface area contributed by atoms with Gasteiger partial charge in [0.15, 0.2) is 5.79 Å². The summed E-state index contributed by atoms with van der Waals surface area (Å²) in [5.41, 5.74) is -2.32. The number of hydrogen-bond donors (Lipinski definition) is 6. The van der Waals surface area contributed by atoms with Crippen molar-refractivity contribution in [3.05, 3.63) is 35.6 Å². The van der Waals surface area contributed by atoms with E-state index in [1.807, 2.05) is 6.92 Å². The second-order valence-electron chi connectivity index (χ2n) is 16.2. The summed E-state index contributed by atoms with van der Waals surface area (Å²) in [7, 11) is 0. The normalized spacial score (nSPS) is 43.6. The van der Waals surface area contributed by atoms with E-state index in [0.717, 1.165) is 36.3 Å². The highest BCUT2D eigenvalue weighted by molar-refractivity contribution is 5.82. The fourth-order valence-electron chi connectivity index (χ4n) is 7.77. The zero-order valence-electron chi connectivity index (χ0n) is 31.0. The van der Waals surface area contributed by atoms with Crippen molar-refractivity contribution in [2.75, 3.05) is 6.61 Å². The zero-order valence-corrected chi connectivity index (χ0v) is 31.0. The van der Waals surface area contributed by atoms with Gasteiger partial charge in [0.05, 0.1) is 48.8 Å². The Morgan fingerprint density at radius 1 is 0.980 bits per heavy atom. The van der Waals surface area contributed by atoms with E-state index in [0.29, 0.717) is 63.9 Å². The maximum Gasteiger partial charge on any atom is 0.330 e. The van der Waals surface area contributed by atoms with Crippen molar-refractivity contribution in [3.8, 4) is 0 Å². The Balaban J connectivity index is 1.65. The fourth-order valence-corrected chi connectivity index (χ4v) is 7.77. The summed E-state index contributed by atoms with van der Waals surface area (Å²) >= 11 is 0. The molecule has 286 valence electrons. The first-order chi connectivity index (χ1) is 23.4. The summed E-state index contributed by atoms with van der Waals surface area (Å²) in [5, 5.41) is 65.4. The minimum Gasteiger partial charge on any atom is -0.497 e. The van der Waals surface area contributed by atoms with Crippen molar-refractivity contribution in [1.29, 1.82) is 0 Å². The van der Waals surface area contributed by atoms with Gasteiger partial charge in [-0.05, 0) is 82.3 Å². The van der Waals surface area contributed by atoms with Crippen LogP contribution in [-0.4, -0.2) is 103 Å².